The average molecular weight is 210 g/mol. The molecular weight excluding hydrogens is 188 g/mol. The van der Waals surface area contributed by atoms with Crippen LogP contribution in [0.2, 0.25) is 0 Å². The van der Waals surface area contributed by atoms with Crippen LogP contribution >= 0.6 is 0 Å². The number of carbonyl (C=O) groups is 1. The molecule has 0 spiro atoms. The first kappa shape index (κ1) is 10.9. The van der Waals surface area contributed by atoms with Crippen LogP contribution in [-0.2, 0) is 4.79 Å². The van der Waals surface area contributed by atoms with Crippen molar-refractivity contribution in [2.24, 2.45) is 11.8 Å². The van der Waals surface area contributed by atoms with Crippen molar-refractivity contribution < 1.29 is 4.79 Å². The third-order valence-electron chi connectivity index (χ3n) is 3.59. The van der Waals surface area contributed by atoms with Gasteiger partial charge in [0.2, 0.25) is 5.91 Å². The lowest BCUT2D eigenvalue weighted by molar-refractivity contribution is -0.133. The molecule has 0 aliphatic carbocycles. The number of hydrogen-bond donors (Lipinski definition) is 1. The smallest absolute Gasteiger partial charge is 0.222 e. The second-order valence-corrected chi connectivity index (χ2v) is 5.34. The molecule has 0 aromatic rings. The first-order valence-corrected chi connectivity index (χ1v) is 6.18. The van der Waals surface area contributed by atoms with Gasteiger partial charge in [-0.1, -0.05) is 13.8 Å². The summed E-state index contributed by atoms with van der Waals surface area (Å²) >= 11 is 0. The second kappa shape index (κ2) is 4.52. The highest BCUT2D eigenvalue weighted by molar-refractivity contribution is 5.76. The maximum absolute atomic E-state index is 11.9. The Morgan fingerprint density at radius 1 is 1.47 bits per heavy atom. The lowest BCUT2D eigenvalue weighted by Gasteiger charge is -2.35. The maximum Gasteiger partial charge on any atom is 0.222 e. The lowest BCUT2D eigenvalue weighted by atomic mass is 9.93. The summed E-state index contributed by atoms with van der Waals surface area (Å²) in [6.45, 7) is 7.31. The van der Waals surface area contributed by atoms with E-state index in [9.17, 15) is 4.79 Å². The first-order valence-electron chi connectivity index (χ1n) is 6.18. The Balaban J connectivity index is 1.86. The van der Waals surface area contributed by atoms with Crippen molar-refractivity contribution in [2.45, 2.75) is 39.2 Å². The zero-order chi connectivity index (χ0) is 10.8. The fourth-order valence-electron chi connectivity index (χ4n) is 2.75. The van der Waals surface area contributed by atoms with Gasteiger partial charge in [0.25, 0.3) is 0 Å². The Morgan fingerprint density at radius 3 is 3.00 bits per heavy atom. The van der Waals surface area contributed by atoms with E-state index in [1.165, 1.54) is 6.42 Å². The number of carbonyl (C=O) groups excluding carboxylic acids is 1. The van der Waals surface area contributed by atoms with E-state index in [0.29, 0.717) is 24.3 Å². The molecule has 0 saturated carbocycles. The summed E-state index contributed by atoms with van der Waals surface area (Å²) in [6, 6.07) is 0.688. The van der Waals surface area contributed by atoms with E-state index >= 15 is 0 Å². The highest BCUT2D eigenvalue weighted by Crippen LogP contribution is 2.25. The third-order valence-corrected chi connectivity index (χ3v) is 3.59. The molecule has 2 fully saturated rings. The molecule has 3 heteroatoms. The standard InChI is InChI=1S/C12H22N2O/c1-9(2)7-12(15)14-6-4-11-10(8-14)3-5-13-11/h9-11,13H,3-8H2,1-2H3. The number of nitrogens with zero attached hydrogens (tertiary/aromatic N) is 1. The molecular formula is C12H22N2O. The largest absolute Gasteiger partial charge is 0.342 e. The van der Waals surface area contributed by atoms with E-state index < -0.39 is 0 Å². The Labute approximate surface area is 92.2 Å². The van der Waals surface area contributed by atoms with Gasteiger partial charge in [0.1, 0.15) is 0 Å². The van der Waals surface area contributed by atoms with Crippen LogP contribution in [0.5, 0.6) is 0 Å². The zero-order valence-corrected chi connectivity index (χ0v) is 9.83. The molecule has 2 aliphatic heterocycles. The van der Waals surface area contributed by atoms with Gasteiger partial charge in [-0.05, 0) is 31.2 Å². The Kier molecular flexibility index (Phi) is 3.29. The molecule has 2 saturated heterocycles. The molecule has 1 N–H and O–H groups in total. The van der Waals surface area contributed by atoms with Crippen molar-refractivity contribution in [3.05, 3.63) is 0 Å². The van der Waals surface area contributed by atoms with Crippen molar-refractivity contribution in [3.63, 3.8) is 0 Å². The Morgan fingerprint density at radius 2 is 2.27 bits per heavy atom. The van der Waals surface area contributed by atoms with Gasteiger partial charge in [-0.15, -0.1) is 0 Å². The summed E-state index contributed by atoms with van der Waals surface area (Å²) in [5.74, 6) is 1.56. The Bertz CT molecular complexity index is 240. The van der Waals surface area contributed by atoms with Crippen LogP contribution < -0.4 is 5.32 Å². The Hall–Kier alpha value is -0.570. The number of likely N-dealkylation sites (tertiary alicyclic amines) is 1. The molecule has 2 unspecified atom stereocenters. The van der Waals surface area contributed by atoms with Gasteiger partial charge in [0.15, 0.2) is 0 Å². The van der Waals surface area contributed by atoms with E-state index in [-0.39, 0.29) is 0 Å². The summed E-state index contributed by atoms with van der Waals surface area (Å²) < 4.78 is 0. The normalized spacial score (nSPS) is 30.7. The van der Waals surface area contributed by atoms with Crippen LogP contribution in [0.1, 0.15) is 33.1 Å². The minimum atomic E-state index is 0.357. The van der Waals surface area contributed by atoms with Crippen LogP contribution in [0.3, 0.4) is 0 Å². The summed E-state index contributed by atoms with van der Waals surface area (Å²) in [5, 5.41) is 3.52. The van der Waals surface area contributed by atoms with Crippen LogP contribution in [0.4, 0.5) is 0 Å². The summed E-state index contributed by atoms with van der Waals surface area (Å²) in [5.41, 5.74) is 0. The predicted molar refractivity (Wildman–Crippen MR) is 60.5 cm³/mol. The van der Waals surface area contributed by atoms with E-state index in [1.807, 2.05) is 0 Å². The van der Waals surface area contributed by atoms with Crippen LogP contribution in [0.15, 0.2) is 0 Å². The summed E-state index contributed by atoms with van der Waals surface area (Å²) in [6.07, 6.45) is 3.11. The number of fused-ring (bicyclic) bond motifs is 1. The SMILES string of the molecule is CC(C)CC(=O)N1CCC2NCCC2C1. The third kappa shape index (κ3) is 2.51. The van der Waals surface area contributed by atoms with Gasteiger partial charge in [-0.25, -0.2) is 0 Å². The second-order valence-electron chi connectivity index (χ2n) is 5.34. The molecule has 0 radical (unpaired) electrons. The van der Waals surface area contributed by atoms with Crippen molar-refractivity contribution in [3.8, 4) is 0 Å². The van der Waals surface area contributed by atoms with Crippen molar-refractivity contribution in [1.29, 1.82) is 0 Å². The molecule has 1 amide bonds. The molecule has 15 heavy (non-hydrogen) atoms. The van der Waals surface area contributed by atoms with Gasteiger partial charge < -0.3 is 10.2 Å². The molecule has 3 nitrogen and oxygen atoms in total. The van der Waals surface area contributed by atoms with Gasteiger partial charge in [0.05, 0.1) is 0 Å². The zero-order valence-electron chi connectivity index (χ0n) is 9.83. The fourth-order valence-corrected chi connectivity index (χ4v) is 2.75. The first-order chi connectivity index (χ1) is 7.16. The summed E-state index contributed by atoms with van der Waals surface area (Å²) in [7, 11) is 0. The topological polar surface area (TPSA) is 32.3 Å². The molecule has 0 aromatic heterocycles. The number of nitrogens with one attached hydrogen (secondary N) is 1. The molecule has 2 aliphatic rings. The molecule has 2 atom stereocenters. The highest BCUT2D eigenvalue weighted by Gasteiger charge is 2.34. The van der Waals surface area contributed by atoms with Crippen molar-refractivity contribution >= 4 is 5.91 Å². The number of rotatable bonds is 2. The summed E-state index contributed by atoms with van der Waals surface area (Å²) in [4.78, 5) is 14.0. The number of amides is 1. The van der Waals surface area contributed by atoms with Gasteiger partial charge in [-0.3, -0.25) is 4.79 Å². The lowest BCUT2D eigenvalue weighted by Crippen LogP contribution is -2.47. The monoisotopic (exact) mass is 210 g/mol. The highest BCUT2D eigenvalue weighted by atomic mass is 16.2. The minimum absolute atomic E-state index is 0.357. The van der Waals surface area contributed by atoms with E-state index in [0.717, 1.165) is 32.0 Å². The predicted octanol–water partition coefficient (Wildman–Crippen LogP) is 1.24. The number of piperidine rings is 1. The van der Waals surface area contributed by atoms with Gasteiger partial charge in [0, 0.05) is 25.6 Å². The van der Waals surface area contributed by atoms with Gasteiger partial charge >= 0.3 is 0 Å². The molecule has 86 valence electrons. The minimum Gasteiger partial charge on any atom is -0.342 e. The number of hydrogen-bond acceptors (Lipinski definition) is 2. The van der Waals surface area contributed by atoms with Crippen LogP contribution in [0, 0.1) is 11.8 Å². The van der Waals surface area contributed by atoms with Crippen molar-refractivity contribution in [2.75, 3.05) is 19.6 Å². The molecule has 0 bridgehead atoms. The van der Waals surface area contributed by atoms with Crippen LogP contribution in [-0.4, -0.2) is 36.5 Å². The quantitative estimate of drug-likeness (QED) is 0.744. The molecule has 2 rings (SSSR count). The molecule has 2 heterocycles. The maximum atomic E-state index is 11.9. The fraction of sp³-hybridized carbons (Fsp3) is 0.917. The van der Waals surface area contributed by atoms with E-state index in [2.05, 4.69) is 24.1 Å². The van der Waals surface area contributed by atoms with Crippen LogP contribution in [0.25, 0.3) is 0 Å². The van der Waals surface area contributed by atoms with E-state index in [4.69, 9.17) is 0 Å². The van der Waals surface area contributed by atoms with Gasteiger partial charge in [-0.2, -0.15) is 0 Å². The molecule has 0 aromatic carbocycles. The van der Waals surface area contributed by atoms with Crippen molar-refractivity contribution in [1.82, 2.24) is 10.2 Å². The average Bonchev–Trinajstić information content (AvgIpc) is 2.62. The van der Waals surface area contributed by atoms with E-state index in [1.54, 1.807) is 0 Å².